The molecule has 9 nitrogen and oxygen atoms in total. The first-order valence-corrected chi connectivity index (χ1v) is 5.12. The fourth-order valence-electron chi connectivity index (χ4n) is 0.790. The van der Waals surface area contributed by atoms with Gasteiger partial charge in [0.1, 0.15) is 0 Å². The van der Waals surface area contributed by atoms with E-state index in [-0.39, 0.29) is 0 Å². The SMILES string of the molecule is CC(OP(=O)(O)O)C(NC(=O)O)C(=O)O. The lowest BCUT2D eigenvalue weighted by Crippen LogP contribution is -2.47. The third-order valence-corrected chi connectivity index (χ3v) is 1.93. The van der Waals surface area contributed by atoms with Crippen molar-refractivity contribution in [2.75, 3.05) is 0 Å². The lowest BCUT2D eigenvalue weighted by Gasteiger charge is -2.20. The van der Waals surface area contributed by atoms with Crippen molar-refractivity contribution in [2.24, 2.45) is 0 Å². The van der Waals surface area contributed by atoms with Gasteiger partial charge < -0.3 is 25.3 Å². The average Bonchev–Trinajstić information content (AvgIpc) is 1.95. The number of carbonyl (C=O) groups is 2. The van der Waals surface area contributed by atoms with E-state index in [0.29, 0.717) is 0 Å². The largest absolute Gasteiger partial charge is 0.480 e. The molecule has 0 aromatic rings. The molecular weight excluding hydrogens is 233 g/mol. The molecule has 0 aliphatic carbocycles. The van der Waals surface area contributed by atoms with E-state index in [1.807, 2.05) is 0 Å². The minimum atomic E-state index is -4.86. The maximum atomic E-state index is 10.5. The molecule has 0 aromatic heterocycles. The van der Waals surface area contributed by atoms with Gasteiger partial charge in [-0.25, -0.2) is 14.2 Å². The third kappa shape index (κ3) is 6.02. The summed E-state index contributed by atoms with van der Waals surface area (Å²) in [6.45, 7) is 1.02. The Bertz CT molecular complexity index is 297. The van der Waals surface area contributed by atoms with Crippen LogP contribution < -0.4 is 5.32 Å². The van der Waals surface area contributed by atoms with Crippen LogP contribution in [-0.2, 0) is 13.9 Å². The van der Waals surface area contributed by atoms with Gasteiger partial charge in [0, 0.05) is 0 Å². The number of aliphatic carboxylic acids is 1. The Morgan fingerprint density at radius 3 is 2.07 bits per heavy atom. The summed E-state index contributed by atoms with van der Waals surface area (Å²) in [7, 11) is -4.86. The van der Waals surface area contributed by atoms with Crippen LogP contribution in [0.4, 0.5) is 4.79 Å². The van der Waals surface area contributed by atoms with Crippen LogP contribution in [0.25, 0.3) is 0 Å². The number of nitrogens with one attached hydrogen (secondary N) is 1. The van der Waals surface area contributed by atoms with Crippen LogP contribution in [-0.4, -0.2) is 44.2 Å². The highest BCUT2D eigenvalue weighted by Gasteiger charge is 2.32. The van der Waals surface area contributed by atoms with Gasteiger partial charge in [0.05, 0.1) is 6.10 Å². The van der Waals surface area contributed by atoms with E-state index in [1.165, 1.54) is 0 Å². The summed E-state index contributed by atoms with van der Waals surface area (Å²) >= 11 is 0. The molecular formula is C5H10NO8P. The number of hydrogen-bond acceptors (Lipinski definition) is 4. The van der Waals surface area contributed by atoms with Crippen LogP contribution in [0.5, 0.6) is 0 Å². The fourth-order valence-corrected chi connectivity index (χ4v) is 1.35. The predicted octanol–water partition coefficient (Wildman–Crippen LogP) is -0.795. The second-order valence-electron chi connectivity index (χ2n) is 2.57. The topological polar surface area (TPSA) is 153 Å². The van der Waals surface area contributed by atoms with Crippen molar-refractivity contribution < 1.29 is 38.7 Å². The highest BCUT2D eigenvalue weighted by molar-refractivity contribution is 7.46. The Balaban J connectivity index is 4.56. The van der Waals surface area contributed by atoms with Crippen molar-refractivity contribution in [3.63, 3.8) is 0 Å². The van der Waals surface area contributed by atoms with Gasteiger partial charge in [-0.1, -0.05) is 0 Å². The van der Waals surface area contributed by atoms with Gasteiger partial charge in [0.25, 0.3) is 0 Å². The zero-order chi connectivity index (χ0) is 12.2. The van der Waals surface area contributed by atoms with Crippen molar-refractivity contribution in [3.8, 4) is 0 Å². The molecule has 0 bridgehead atoms. The number of phosphoric acid groups is 1. The van der Waals surface area contributed by atoms with Gasteiger partial charge in [0.15, 0.2) is 6.04 Å². The Morgan fingerprint density at radius 2 is 1.80 bits per heavy atom. The van der Waals surface area contributed by atoms with Gasteiger partial charge in [0.2, 0.25) is 0 Å². The summed E-state index contributed by atoms with van der Waals surface area (Å²) in [6.07, 6.45) is -3.14. The van der Waals surface area contributed by atoms with E-state index in [1.54, 1.807) is 5.32 Å². The Morgan fingerprint density at radius 1 is 1.33 bits per heavy atom. The van der Waals surface area contributed by atoms with E-state index in [2.05, 4.69) is 4.52 Å². The first kappa shape index (κ1) is 13.8. The van der Waals surface area contributed by atoms with Crippen molar-refractivity contribution in [2.45, 2.75) is 19.1 Å². The highest BCUT2D eigenvalue weighted by Crippen LogP contribution is 2.38. The summed E-state index contributed by atoms with van der Waals surface area (Å²) < 4.78 is 14.4. The number of carboxylic acids is 1. The molecule has 10 heteroatoms. The highest BCUT2D eigenvalue weighted by atomic mass is 31.2. The molecule has 0 saturated carbocycles. The summed E-state index contributed by atoms with van der Waals surface area (Å²) in [4.78, 5) is 37.4. The molecule has 0 aliphatic rings. The molecule has 2 atom stereocenters. The molecule has 0 fully saturated rings. The number of amides is 1. The van der Waals surface area contributed by atoms with Gasteiger partial charge in [-0.3, -0.25) is 4.52 Å². The minimum Gasteiger partial charge on any atom is -0.480 e. The lowest BCUT2D eigenvalue weighted by molar-refractivity contribution is -0.141. The summed E-state index contributed by atoms with van der Waals surface area (Å²) in [5.41, 5.74) is 0. The van der Waals surface area contributed by atoms with Crippen molar-refractivity contribution >= 4 is 19.9 Å². The van der Waals surface area contributed by atoms with Crippen LogP contribution in [0.15, 0.2) is 0 Å². The number of carboxylic acid groups (broad SMARTS) is 2. The van der Waals surface area contributed by atoms with E-state index in [4.69, 9.17) is 20.0 Å². The second-order valence-corrected chi connectivity index (χ2v) is 3.76. The zero-order valence-corrected chi connectivity index (χ0v) is 8.42. The van der Waals surface area contributed by atoms with Crippen LogP contribution >= 0.6 is 7.82 Å². The van der Waals surface area contributed by atoms with Crippen LogP contribution in [0.1, 0.15) is 6.92 Å². The van der Waals surface area contributed by atoms with Crippen molar-refractivity contribution in [3.05, 3.63) is 0 Å². The monoisotopic (exact) mass is 243 g/mol. The quantitative estimate of drug-likeness (QED) is 0.393. The smallest absolute Gasteiger partial charge is 0.469 e. The maximum absolute atomic E-state index is 10.5. The summed E-state index contributed by atoms with van der Waals surface area (Å²) in [5, 5.41) is 18.3. The van der Waals surface area contributed by atoms with Crippen molar-refractivity contribution in [1.82, 2.24) is 5.32 Å². The van der Waals surface area contributed by atoms with Gasteiger partial charge in [-0.2, -0.15) is 0 Å². The molecule has 0 aliphatic heterocycles. The third-order valence-electron chi connectivity index (χ3n) is 1.32. The number of phosphoric ester groups is 1. The second kappa shape index (κ2) is 5.08. The molecule has 0 rings (SSSR count). The predicted molar refractivity (Wildman–Crippen MR) is 45.2 cm³/mol. The average molecular weight is 243 g/mol. The number of rotatable bonds is 5. The molecule has 2 unspecified atom stereocenters. The van der Waals surface area contributed by atoms with Crippen LogP contribution in [0, 0.1) is 0 Å². The number of hydrogen-bond donors (Lipinski definition) is 5. The van der Waals surface area contributed by atoms with Crippen LogP contribution in [0.2, 0.25) is 0 Å². The Labute approximate surface area is 83.9 Å². The molecule has 1 amide bonds. The lowest BCUT2D eigenvalue weighted by atomic mass is 10.2. The van der Waals surface area contributed by atoms with Crippen molar-refractivity contribution in [1.29, 1.82) is 0 Å². The molecule has 0 aromatic carbocycles. The maximum Gasteiger partial charge on any atom is 0.469 e. The Kier molecular flexibility index (Phi) is 4.69. The van der Waals surface area contributed by atoms with Crippen LogP contribution in [0.3, 0.4) is 0 Å². The van der Waals surface area contributed by atoms with Gasteiger partial charge in [-0.15, -0.1) is 0 Å². The zero-order valence-electron chi connectivity index (χ0n) is 7.52. The molecule has 0 spiro atoms. The standard InChI is InChI=1S/C5H10NO8P/c1-2(14-15(11,12)13)3(4(7)8)6-5(9)10/h2-3,6H,1H3,(H,7,8)(H,9,10)(H2,11,12,13). The van der Waals surface area contributed by atoms with E-state index < -0.39 is 32.0 Å². The summed E-state index contributed by atoms with van der Waals surface area (Å²) in [5.74, 6) is -1.60. The van der Waals surface area contributed by atoms with E-state index in [0.717, 1.165) is 6.92 Å². The molecule has 88 valence electrons. The Hall–Kier alpha value is -1.15. The summed E-state index contributed by atoms with van der Waals surface area (Å²) in [6, 6.07) is -1.75. The van der Waals surface area contributed by atoms with E-state index >= 15 is 0 Å². The van der Waals surface area contributed by atoms with Gasteiger partial charge in [-0.05, 0) is 6.92 Å². The normalized spacial score (nSPS) is 15.4. The van der Waals surface area contributed by atoms with Gasteiger partial charge >= 0.3 is 19.9 Å². The molecule has 0 saturated heterocycles. The molecule has 5 N–H and O–H groups in total. The fraction of sp³-hybridized carbons (Fsp3) is 0.600. The first-order valence-electron chi connectivity index (χ1n) is 3.59. The van der Waals surface area contributed by atoms with E-state index in [9.17, 15) is 14.2 Å². The molecule has 15 heavy (non-hydrogen) atoms. The molecule has 0 radical (unpaired) electrons. The molecule has 0 heterocycles. The first-order chi connectivity index (χ1) is 6.63. The minimum absolute atomic E-state index is 1.02.